The summed E-state index contributed by atoms with van der Waals surface area (Å²) in [6.45, 7) is 0. The van der Waals surface area contributed by atoms with Gasteiger partial charge >= 0.3 is 0 Å². The van der Waals surface area contributed by atoms with Crippen LogP contribution in [0.15, 0.2) is 53.4 Å². The van der Waals surface area contributed by atoms with E-state index in [1.165, 1.54) is 31.4 Å². The van der Waals surface area contributed by atoms with E-state index in [0.29, 0.717) is 5.02 Å². The minimum absolute atomic E-state index is 0.136. The second kappa shape index (κ2) is 8.68. The molecular formula is C17H17ClN2O5S. The van der Waals surface area contributed by atoms with E-state index in [2.05, 4.69) is 10.9 Å². The molecule has 0 bridgehead atoms. The van der Waals surface area contributed by atoms with E-state index in [9.17, 15) is 18.0 Å². The second-order valence-corrected chi connectivity index (χ2v) is 7.77. The molecule has 0 unspecified atom stereocenters. The summed E-state index contributed by atoms with van der Waals surface area (Å²) in [5.41, 5.74) is 4.52. The van der Waals surface area contributed by atoms with Crippen LogP contribution in [-0.2, 0) is 14.6 Å². The van der Waals surface area contributed by atoms with Crippen LogP contribution < -0.4 is 15.6 Å². The summed E-state index contributed by atoms with van der Waals surface area (Å²) in [5, 5.41) is 0.330. The van der Waals surface area contributed by atoms with E-state index in [-0.39, 0.29) is 28.4 Å². The standard InChI is InChI=1S/C17H17ClN2O5S/c1-25-15-8-7-12(18)11-14(15)17(22)20-19-16(21)9-10-26(23,24)13-5-3-2-4-6-13/h2-8,11H,9-10H2,1H3,(H,19,21)(H,20,22). The molecule has 138 valence electrons. The van der Waals surface area contributed by atoms with Gasteiger partial charge in [-0.1, -0.05) is 29.8 Å². The number of methoxy groups -OCH3 is 1. The minimum Gasteiger partial charge on any atom is -0.496 e. The lowest BCUT2D eigenvalue weighted by Crippen LogP contribution is -2.42. The number of nitrogens with one attached hydrogen (secondary N) is 2. The Morgan fingerprint density at radius 2 is 1.77 bits per heavy atom. The van der Waals surface area contributed by atoms with Crippen LogP contribution in [0.1, 0.15) is 16.8 Å². The van der Waals surface area contributed by atoms with Gasteiger partial charge in [0.05, 0.1) is 23.3 Å². The summed E-state index contributed by atoms with van der Waals surface area (Å²) in [7, 11) is -2.18. The van der Waals surface area contributed by atoms with E-state index in [0.717, 1.165) is 0 Å². The summed E-state index contributed by atoms with van der Waals surface area (Å²) in [4.78, 5) is 24.1. The molecule has 2 amide bonds. The number of hydrazine groups is 1. The Labute approximate surface area is 156 Å². The topological polar surface area (TPSA) is 102 Å². The molecule has 26 heavy (non-hydrogen) atoms. The first kappa shape index (κ1) is 19.7. The van der Waals surface area contributed by atoms with Crippen LogP contribution in [0.5, 0.6) is 5.75 Å². The molecule has 0 aliphatic carbocycles. The fourth-order valence-electron chi connectivity index (χ4n) is 2.09. The van der Waals surface area contributed by atoms with Gasteiger partial charge in [0, 0.05) is 11.4 Å². The highest BCUT2D eigenvalue weighted by atomic mass is 35.5. The summed E-state index contributed by atoms with van der Waals surface area (Å²) >= 11 is 5.85. The van der Waals surface area contributed by atoms with Gasteiger partial charge in [0.1, 0.15) is 5.75 Å². The SMILES string of the molecule is COc1ccc(Cl)cc1C(=O)NNC(=O)CCS(=O)(=O)c1ccccc1. The molecular weight excluding hydrogens is 380 g/mol. The van der Waals surface area contributed by atoms with Crippen LogP contribution in [0.3, 0.4) is 0 Å². The van der Waals surface area contributed by atoms with Gasteiger partial charge in [0.15, 0.2) is 9.84 Å². The maximum Gasteiger partial charge on any atom is 0.273 e. The monoisotopic (exact) mass is 396 g/mol. The largest absolute Gasteiger partial charge is 0.496 e. The van der Waals surface area contributed by atoms with E-state index in [4.69, 9.17) is 16.3 Å². The molecule has 0 radical (unpaired) electrons. The molecule has 2 rings (SSSR count). The number of amides is 2. The number of hydrogen-bond acceptors (Lipinski definition) is 5. The van der Waals surface area contributed by atoms with Gasteiger partial charge in [-0.15, -0.1) is 0 Å². The number of sulfone groups is 1. The molecule has 2 aromatic carbocycles. The quantitative estimate of drug-likeness (QED) is 0.727. The minimum atomic E-state index is -3.57. The maximum atomic E-state index is 12.1. The summed E-state index contributed by atoms with van der Waals surface area (Å²) in [5.74, 6) is -1.37. The molecule has 0 aromatic heterocycles. The normalized spacial score (nSPS) is 10.8. The van der Waals surface area contributed by atoms with E-state index < -0.39 is 21.7 Å². The molecule has 7 nitrogen and oxygen atoms in total. The molecule has 2 aromatic rings. The van der Waals surface area contributed by atoms with Crippen molar-refractivity contribution in [3.05, 3.63) is 59.1 Å². The van der Waals surface area contributed by atoms with Crippen molar-refractivity contribution in [2.45, 2.75) is 11.3 Å². The van der Waals surface area contributed by atoms with Crippen LogP contribution in [0.25, 0.3) is 0 Å². The summed E-state index contributed by atoms with van der Waals surface area (Å²) in [6.07, 6.45) is -0.301. The lowest BCUT2D eigenvalue weighted by atomic mass is 10.2. The first-order chi connectivity index (χ1) is 12.3. The van der Waals surface area contributed by atoms with Gasteiger partial charge in [-0.05, 0) is 30.3 Å². The number of halogens is 1. The number of carbonyl (C=O) groups excluding carboxylic acids is 2. The van der Waals surface area contributed by atoms with Gasteiger partial charge in [-0.2, -0.15) is 0 Å². The number of hydrogen-bond donors (Lipinski definition) is 2. The zero-order valence-electron chi connectivity index (χ0n) is 13.9. The first-order valence-corrected chi connectivity index (χ1v) is 9.57. The highest BCUT2D eigenvalue weighted by Crippen LogP contribution is 2.22. The van der Waals surface area contributed by atoms with E-state index >= 15 is 0 Å². The molecule has 0 heterocycles. The average molecular weight is 397 g/mol. The van der Waals surface area contributed by atoms with Gasteiger partial charge in [0.25, 0.3) is 5.91 Å². The van der Waals surface area contributed by atoms with Crippen molar-refractivity contribution in [2.75, 3.05) is 12.9 Å². The molecule has 2 N–H and O–H groups in total. The maximum absolute atomic E-state index is 12.1. The van der Waals surface area contributed by atoms with Crippen LogP contribution >= 0.6 is 11.6 Å². The molecule has 0 saturated heterocycles. The Kier molecular flexibility index (Phi) is 6.59. The van der Waals surface area contributed by atoms with Gasteiger partial charge < -0.3 is 4.74 Å². The third-order valence-corrected chi connectivity index (χ3v) is 5.39. The third kappa shape index (κ3) is 5.21. The van der Waals surface area contributed by atoms with Crippen LogP contribution in [0.2, 0.25) is 5.02 Å². The van der Waals surface area contributed by atoms with Crippen molar-refractivity contribution >= 4 is 33.3 Å². The lowest BCUT2D eigenvalue weighted by molar-refractivity contribution is -0.121. The molecule has 0 aliphatic heterocycles. The predicted octanol–water partition coefficient (Wildman–Crippen LogP) is 1.97. The zero-order valence-corrected chi connectivity index (χ0v) is 15.4. The highest BCUT2D eigenvalue weighted by Gasteiger charge is 2.17. The molecule has 0 fully saturated rings. The first-order valence-electron chi connectivity index (χ1n) is 7.54. The van der Waals surface area contributed by atoms with E-state index in [1.54, 1.807) is 24.3 Å². The van der Waals surface area contributed by atoms with Crippen LogP contribution in [0.4, 0.5) is 0 Å². The molecule has 0 spiro atoms. The van der Waals surface area contributed by atoms with Crippen LogP contribution in [0, 0.1) is 0 Å². The predicted molar refractivity (Wildman–Crippen MR) is 96.7 cm³/mol. The smallest absolute Gasteiger partial charge is 0.273 e. The number of rotatable bonds is 6. The Balaban J connectivity index is 1.91. The van der Waals surface area contributed by atoms with E-state index in [1.807, 2.05) is 0 Å². The number of carbonyl (C=O) groups is 2. The Morgan fingerprint density at radius 3 is 2.42 bits per heavy atom. The molecule has 0 atom stereocenters. The number of benzene rings is 2. The highest BCUT2D eigenvalue weighted by molar-refractivity contribution is 7.91. The van der Waals surface area contributed by atoms with Crippen molar-refractivity contribution < 1.29 is 22.7 Å². The zero-order chi connectivity index (χ0) is 19.2. The van der Waals surface area contributed by atoms with Crippen molar-refractivity contribution in [2.24, 2.45) is 0 Å². The van der Waals surface area contributed by atoms with Crippen molar-refractivity contribution in [3.8, 4) is 5.75 Å². The number of ether oxygens (including phenoxy) is 1. The Hall–Kier alpha value is -2.58. The second-order valence-electron chi connectivity index (χ2n) is 5.23. The van der Waals surface area contributed by atoms with Gasteiger partial charge in [0.2, 0.25) is 5.91 Å². The average Bonchev–Trinajstić information content (AvgIpc) is 2.65. The Morgan fingerprint density at radius 1 is 1.08 bits per heavy atom. The van der Waals surface area contributed by atoms with Crippen molar-refractivity contribution in [1.82, 2.24) is 10.9 Å². The summed E-state index contributed by atoms with van der Waals surface area (Å²) in [6, 6.07) is 12.3. The molecule has 0 saturated carbocycles. The molecule has 0 aliphatic rings. The third-order valence-electron chi connectivity index (χ3n) is 3.42. The fourth-order valence-corrected chi connectivity index (χ4v) is 3.52. The van der Waals surface area contributed by atoms with Crippen molar-refractivity contribution in [1.29, 1.82) is 0 Å². The van der Waals surface area contributed by atoms with Gasteiger partial charge in [-0.25, -0.2) is 8.42 Å². The fraction of sp³-hybridized carbons (Fsp3) is 0.176. The Bertz CT molecular complexity index is 901. The van der Waals surface area contributed by atoms with Crippen LogP contribution in [-0.4, -0.2) is 33.1 Å². The van der Waals surface area contributed by atoms with Gasteiger partial charge in [-0.3, -0.25) is 20.4 Å². The molecule has 9 heteroatoms. The van der Waals surface area contributed by atoms with Crippen molar-refractivity contribution in [3.63, 3.8) is 0 Å². The summed E-state index contributed by atoms with van der Waals surface area (Å²) < 4.78 is 29.3. The lowest BCUT2D eigenvalue weighted by Gasteiger charge is -2.11.